The van der Waals surface area contributed by atoms with Gasteiger partial charge >= 0.3 is 5.97 Å². The van der Waals surface area contributed by atoms with Gasteiger partial charge in [-0.1, -0.05) is 19.4 Å². The van der Waals surface area contributed by atoms with Crippen molar-refractivity contribution in [1.82, 2.24) is 0 Å². The molecule has 4 aliphatic rings. The monoisotopic (exact) mass is 376 g/mol. The van der Waals surface area contributed by atoms with E-state index in [-0.39, 0.29) is 29.0 Å². The SMILES string of the molecule is CCO[C@]1(C(=O)O)CC[C@H]2[C@@H]3CCC4=CC(=O)CC[C@]4(C)[C@H]3[C@@H](O)C[C@@]21C. The zero-order valence-electron chi connectivity index (χ0n) is 16.7. The first-order valence-electron chi connectivity index (χ1n) is 10.5. The molecule has 3 saturated carbocycles. The van der Waals surface area contributed by atoms with Crippen LogP contribution >= 0.6 is 0 Å². The second kappa shape index (κ2) is 6.15. The molecule has 0 aliphatic heterocycles. The summed E-state index contributed by atoms with van der Waals surface area (Å²) in [5.41, 5.74) is -0.692. The number of allylic oxidation sites excluding steroid dienone is 1. The Kier molecular flexibility index (Phi) is 4.36. The van der Waals surface area contributed by atoms with Crippen molar-refractivity contribution in [2.75, 3.05) is 6.61 Å². The predicted octanol–water partition coefficient (Wildman–Crippen LogP) is 3.35. The average molecular weight is 376 g/mol. The largest absolute Gasteiger partial charge is 0.479 e. The molecule has 5 nitrogen and oxygen atoms in total. The molecule has 3 fully saturated rings. The van der Waals surface area contributed by atoms with Crippen molar-refractivity contribution in [2.45, 2.75) is 77.4 Å². The highest BCUT2D eigenvalue weighted by Crippen LogP contribution is 2.68. The van der Waals surface area contributed by atoms with E-state index in [0.29, 0.717) is 25.9 Å². The molecule has 0 aromatic rings. The van der Waals surface area contributed by atoms with Gasteiger partial charge in [-0.15, -0.1) is 0 Å². The molecule has 2 N–H and O–H groups in total. The van der Waals surface area contributed by atoms with Crippen molar-refractivity contribution in [3.8, 4) is 0 Å². The van der Waals surface area contributed by atoms with Crippen LogP contribution in [0.25, 0.3) is 0 Å². The number of carbonyl (C=O) groups is 2. The number of fused-ring (bicyclic) bond motifs is 5. The van der Waals surface area contributed by atoms with E-state index in [1.54, 1.807) is 0 Å². The minimum Gasteiger partial charge on any atom is -0.479 e. The molecule has 0 heterocycles. The predicted molar refractivity (Wildman–Crippen MR) is 100 cm³/mol. The topological polar surface area (TPSA) is 83.8 Å². The number of rotatable bonds is 3. The number of aliphatic carboxylic acids is 1. The molecule has 0 bridgehead atoms. The maximum Gasteiger partial charge on any atom is 0.336 e. The van der Waals surface area contributed by atoms with Crippen molar-refractivity contribution in [3.05, 3.63) is 11.6 Å². The number of carbonyl (C=O) groups excluding carboxylic acids is 1. The van der Waals surface area contributed by atoms with E-state index in [0.717, 1.165) is 25.7 Å². The van der Waals surface area contributed by atoms with E-state index in [2.05, 4.69) is 6.92 Å². The van der Waals surface area contributed by atoms with Crippen LogP contribution < -0.4 is 0 Å². The summed E-state index contributed by atoms with van der Waals surface area (Å²) in [6.07, 6.45) is 6.25. The number of hydrogen-bond donors (Lipinski definition) is 2. The zero-order valence-corrected chi connectivity index (χ0v) is 16.7. The van der Waals surface area contributed by atoms with Gasteiger partial charge in [-0.3, -0.25) is 4.79 Å². The maximum atomic E-state index is 12.3. The van der Waals surface area contributed by atoms with Crippen LogP contribution in [-0.4, -0.2) is 40.3 Å². The Labute approximate surface area is 161 Å². The van der Waals surface area contributed by atoms with E-state index in [1.165, 1.54) is 5.57 Å². The first-order valence-corrected chi connectivity index (χ1v) is 10.5. The van der Waals surface area contributed by atoms with Crippen LogP contribution in [0.15, 0.2) is 11.6 Å². The van der Waals surface area contributed by atoms with E-state index in [9.17, 15) is 19.8 Å². The highest BCUT2D eigenvalue weighted by atomic mass is 16.5. The third-order valence-electron chi connectivity index (χ3n) is 8.75. The lowest BCUT2D eigenvalue weighted by Crippen LogP contribution is -2.62. The van der Waals surface area contributed by atoms with E-state index in [1.807, 2.05) is 19.9 Å². The third-order valence-corrected chi connectivity index (χ3v) is 8.75. The molecule has 7 atom stereocenters. The lowest BCUT2D eigenvalue weighted by atomic mass is 9.45. The molecule has 5 heteroatoms. The second-order valence-electron chi connectivity index (χ2n) is 9.68. The number of carboxylic acids is 1. The van der Waals surface area contributed by atoms with Crippen LogP contribution in [-0.2, 0) is 14.3 Å². The Bertz CT molecular complexity index is 699. The Morgan fingerprint density at radius 2 is 2.00 bits per heavy atom. The average Bonchev–Trinajstić information content (AvgIpc) is 2.89. The molecule has 0 unspecified atom stereocenters. The normalized spacial score (nSPS) is 49.0. The number of carboxylic acid groups (broad SMARTS) is 1. The minimum atomic E-state index is -1.20. The standard InChI is InChI=1S/C22H32O5/c1-4-27-22(19(25)26)10-8-16-15-6-5-13-11-14(23)7-9-20(13,2)18(15)17(24)12-21(16,22)3/h11,15-18,24H,4-10,12H2,1-3H3,(H,25,26)/t15-,16-,17-,18+,20-,21-,22-/m0/s1. The van der Waals surface area contributed by atoms with Gasteiger partial charge in [-0.25, -0.2) is 4.79 Å². The number of hydrogen-bond acceptors (Lipinski definition) is 4. The maximum absolute atomic E-state index is 12.3. The molecule has 150 valence electrons. The van der Waals surface area contributed by atoms with Gasteiger partial charge in [0, 0.05) is 18.4 Å². The molecule has 0 spiro atoms. The van der Waals surface area contributed by atoms with Crippen LogP contribution in [0, 0.1) is 28.6 Å². The molecule has 4 aliphatic carbocycles. The summed E-state index contributed by atoms with van der Waals surface area (Å²) in [7, 11) is 0. The fourth-order valence-corrected chi connectivity index (χ4v) is 7.57. The second-order valence-corrected chi connectivity index (χ2v) is 9.68. The first kappa shape index (κ1) is 19.1. The summed E-state index contributed by atoms with van der Waals surface area (Å²) in [4.78, 5) is 24.3. The van der Waals surface area contributed by atoms with Gasteiger partial charge in [0.15, 0.2) is 11.4 Å². The Morgan fingerprint density at radius 3 is 2.67 bits per heavy atom. The third kappa shape index (κ3) is 2.37. The summed E-state index contributed by atoms with van der Waals surface area (Å²) in [5.74, 6) is -0.0423. The molecule has 0 aromatic heterocycles. The fourth-order valence-electron chi connectivity index (χ4n) is 7.57. The minimum absolute atomic E-state index is 0.106. The van der Waals surface area contributed by atoms with Crippen LogP contribution in [0.4, 0.5) is 0 Å². The number of ether oxygens (including phenoxy) is 1. The summed E-state index contributed by atoms with van der Waals surface area (Å²) in [6, 6.07) is 0. The van der Waals surface area contributed by atoms with Crippen molar-refractivity contribution in [2.24, 2.45) is 28.6 Å². The van der Waals surface area contributed by atoms with Crippen molar-refractivity contribution < 1.29 is 24.5 Å². The molecular weight excluding hydrogens is 344 g/mol. The Hall–Kier alpha value is -1.20. The van der Waals surface area contributed by atoms with Gasteiger partial charge in [-0.2, -0.15) is 0 Å². The molecule has 4 rings (SSSR count). The van der Waals surface area contributed by atoms with E-state index in [4.69, 9.17) is 4.74 Å². The molecule has 27 heavy (non-hydrogen) atoms. The molecular formula is C22H32O5. The van der Waals surface area contributed by atoms with Gasteiger partial charge in [0.05, 0.1) is 6.10 Å². The summed E-state index contributed by atoms with van der Waals surface area (Å²) in [5, 5.41) is 21.4. The van der Waals surface area contributed by atoms with Gasteiger partial charge in [0.25, 0.3) is 0 Å². The van der Waals surface area contributed by atoms with E-state index >= 15 is 0 Å². The van der Waals surface area contributed by atoms with Crippen LogP contribution in [0.1, 0.15) is 65.7 Å². The fraction of sp³-hybridized carbons (Fsp3) is 0.818. The van der Waals surface area contributed by atoms with Crippen molar-refractivity contribution in [3.63, 3.8) is 0 Å². The van der Waals surface area contributed by atoms with Crippen molar-refractivity contribution >= 4 is 11.8 Å². The lowest BCUT2D eigenvalue weighted by molar-refractivity contribution is -0.207. The van der Waals surface area contributed by atoms with Gasteiger partial charge in [-0.05, 0) is 74.7 Å². The quantitative estimate of drug-likeness (QED) is 0.789. The van der Waals surface area contributed by atoms with Gasteiger partial charge in [0.1, 0.15) is 0 Å². The first-order chi connectivity index (χ1) is 12.7. The highest BCUT2D eigenvalue weighted by Gasteiger charge is 2.69. The van der Waals surface area contributed by atoms with Crippen LogP contribution in [0.5, 0.6) is 0 Å². The number of ketones is 1. The summed E-state index contributed by atoms with van der Waals surface area (Å²) >= 11 is 0. The smallest absolute Gasteiger partial charge is 0.336 e. The summed E-state index contributed by atoms with van der Waals surface area (Å²) in [6.45, 7) is 6.47. The summed E-state index contributed by atoms with van der Waals surface area (Å²) < 4.78 is 5.93. The number of aliphatic hydroxyl groups excluding tert-OH is 1. The molecule has 0 amide bonds. The Morgan fingerprint density at radius 1 is 1.26 bits per heavy atom. The van der Waals surface area contributed by atoms with Gasteiger partial charge in [0.2, 0.25) is 0 Å². The Balaban J connectivity index is 1.75. The molecule has 0 saturated heterocycles. The highest BCUT2D eigenvalue weighted by molar-refractivity contribution is 5.91. The van der Waals surface area contributed by atoms with Crippen LogP contribution in [0.2, 0.25) is 0 Å². The lowest BCUT2D eigenvalue weighted by Gasteiger charge is -2.60. The van der Waals surface area contributed by atoms with E-state index < -0.39 is 23.1 Å². The van der Waals surface area contributed by atoms with Crippen LogP contribution in [0.3, 0.4) is 0 Å². The molecule has 0 aromatic carbocycles. The molecule has 0 radical (unpaired) electrons. The zero-order chi connectivity index (χ0) is 19.6. The van der Waals surface area contributed by atoms with Crippen molar-refractivity contribution in [1.29, 1.82) is 0 Å². The number of aliphatic hydroxyl groups is 1. The van der Waals surface area contributed by atoms with Gasteiger partial charge < -0.3 is 14.9 Å².